The van der Waals surface area contributed by atoms with Crippen molar-refractivity contribution >= 4 is 35.6 Å². The molecule has 0 aromatic heterocycles. The van der Waals surface area contributed by atoms with Gasteiger partial charge in [0, 0.05) is 5.56 Å². The molecule has 0 atom stereocenters. The van der Waals surface area contributed by atoms with Gasteiger partial charge >= 0.3 is 12.0 Å². The molecule has 0 spiro atoms. The Labute approximate surface area is 218 Å². The number of carbonyl (C=O) groups is 4. The van der Waals surface area contributed by atoms with E-state index in [1.807, 2.05) is 0 Å². The molecular weight excluding hydrogens is 492 g/mol. The molecule has 0 bridgehead atoms. The van der Waals surface area contributed by atoms with E-state index in [4.69, 9.17) is 18.9 Å². The number of amides is 4. The zero-order chi connectivity index (χ0) is 27.4. The summed E-state index contributed by atoms with van der Waals surface area (Å²) in [4.78, 5) is 52.4. The van der Waals surface area contributed by atoms with Crippen molar-refractivity contribution in [3.05, 3.63) is 82.9 Å². The monoisotopic (exact) mass is 516 g/mol. The topological polar surface area (TPSA) is 120 Å². The molecule has 1 aliphatic heterocycles. The first-order chi connectivity index (χ1) is 18.3. The van der Waals surface area contributed by atoms with Gasteiger partial charge < -0.3 is 18.9 Å². The lowest BCUT2D eigenvalue weighted by molar-refractivity contribution is -0.122. The van der Waals surface area contributed by atoms with Gasteiger partial charge in [0.05, 0.1) is 32.6 Å². The molecule has 0 aliphatic carbocycles. The minimum Gasteiger partial charge on any atom is -0.493 e. The molecular formula is C28H24N2O8. The molecule has 10 nitrogen and oxygen atoms in total. The summed E-state index contributed by atoms with van der Waals surface area (Å²) < 4.78 is 21.5. The lowest BCUT2D eigenvalue weighted by Gasteiger charge is -2.27. The van der Waals surface area contributed by atoms with Crippen molar-refractivity contribution in [2.24, 2.45) is 0 Å². The molecule has 4 rings (SSSR count). The zero-order valence-electron chi connectivity index (χ0n) is 21.1. The molecule has 4 amide bonds. The van der Waals surface area contributed by atoms with Crippen LogP contribution < -0.4 is 29.2 Å². The molecule has 0 saturated carbocycles. The van der Waals surface area contributed by atoms with Crippen LogP contribution in [0, 0.1) is 6.92 Å². The van der Waals surface area contributed by atoms with Gasteiger partial charge in [-0.15, -0.1) is 0 Å². The predicted molar refractivity (Wildman–Crippen MR) is 138 cm³/mol. The summed E-state index contributed by atoms with van der Waals surface area (Å²) in [6.07, 6.45) is 1.27. The maximum atomic E-state index is 13.3. The second-order valence-electron chi connectivity index (χ2n) is 8.09. The molecule has 38 heavy (non-hydrogen) atoms. The second kappa shape index (κ2) is 10.9. The molecule has 0 radical (unpaired) electrons. The van der Waals surface area contributed by atoms with E-state index < -0.39 is 23.8 Å². The van der Waals surface area contributed by atoms with Crippen molar-refractivity contribution in [2.45, 2.75) is 6.92 Å². The summed E-state index contributed by atoms with van der Waals surface area (Å²) in [5.41, 5.74) is 1.10. The van der Waals surface area contributed by atoms with Crippen LogP contribution in [0.5, 0.6) is 23.0 Å². The number of barbiturate groups is 1. The highest BCUT2D eigenvalue weighted by Gasteiger charge is 2.37. The molecule has 1 aliphatic rings. The van der Waals surface area contributed by atoms with Gasteiger partial charge in [-0.3, -0.25) is 14.9 Å². The van der Waals surface area contributed by atoms with Gasteiger partial charge in [-0.25, -0.2) is 14.5 Å². The quantitative estimate of drug-likeness (QED) is 0.217. The van der Waals surface area contributed by atoms with Crippen molar-refractivity contribution in [3.63, 3.8) is 0 Å². The van der Waals surface area contributed by atoms with Crippen LogP contribution in [0.4, 0.5) is 10.5 Å². The third-order valence-corrected chi connectivity index (χ3v) is 5.78. The smallest absolute Gasteiger partial charge is 0.343 e. The fourth-order valence-electron chi connectivity index (χ4n) is 3.90. The molecule has 1 N–H and O–H groups in total. The molecule has 0 unspecified atom stereocenters. The average Bonchev–Trinajstić information content (AvgIpc) is 2.91. The molecule has 3 aromatic rings. The molecule has 3 aromatic carbocycles. The van der Waals surface area contributed by atoms with Crippen LogP contribution in [0.1, 0.15) is 21.5 Å². The number of urea groups is 1. The Morgan fingerprint density at radius 3 is 2.11 bits per heavy atom. The summed E-state index contributed by atoms with van der Waals surface area (Å²) in [5, 5.41) is 2.19. The van der Waals surface area contributed by atoms with E-state index in [0.29, 0.717) is 17.0 Å². The third-order valence-electron chi connectivity index (χ3n) is 5.78. The van der Waals surface area contributed by atoms with Crippen molar-refractivity contribution in [3.8, 4) is 23.0 Å². The first kappa shape index (κ1) is 26.0. The van der Waals surface area contributed by atoms with E-state index in [1.165, 1.54) is 45.6 Å². The number of aryl methyl sites for hydroxylation is 1. The molecule has 1 fully saturated rings. The van der Waals surface area contributed by atoms with Crippen LogP contribution >= 0.6 is 0 Å². The Bertz CT molecular complexity index is 1450. The molecule has 1 heterocycles. The van der Waals surface area contributed by atoms with Crippen molar-refractivity contribution in [1.29, 1.82) is 0 Å². The number of methoxy groups -OCH3 is 3. The number of nitrogens with one attached hydrogen (secondary N) is 1. The largest absolute Gasteiger partial charge is 0.493 e. The number of hydrogen-bond donors (Lipinski definition) is 1. The van der Waals surface area contributed by atoms with Crippen LogP contribution in [0.2, 0.25) is 0 Å². The van der Waals surface area contributed by atoms with Crippen LogP contribution in [-0.2, 0) is 9.59 Å². The van der Waals surface area contributed by atoms with E-state index in [2.05, 4.69) is 5.32 Å². The normalized spacial score (nSPS) is 14.3. The van der Waals surface area contributed by atoms with Gasteiger partial charge in [0.1, 0.15) is 11.3 Å². The summed E-state index contributed by atoms with van der Waals surface area (Å²) in [6.45, 7) is 1.74. The van der Waals surface area contributed by atoms with Crippen LogP contribution in [0.3, 0.4) is 0 Å². The highest BCUT2D eigenvalue weighted by molar-refractivity contribution is 6.39. The second-order valence-corrected chi connectivity index (χ2v) is 8.09. The van der Waals surface area contributed by atoms with E-state index in [0.717, 1.165) is 4.90 Å². The van der Waals surface area contributed by atoms with Gasteiger partial charge in [-0.2, -0.15) is 0 Å². The van der Waals surface area contributed by atoms with Gasteiger partial charge in [-0.05, 0) is 42.8 Å². The lowest BCUT2D eigenvalue weighted by atomic mass is 10.0. The summed E-state index contributed by atoms with van der Waals surface area (Å²) >= 11 is 0. The Morgan fingerprint density at radius 1 is 0.842 bits per heavy atom. The number of carbonyl (C=O) groups excluding carboxylic acids is 4. The third kappa shape index (κ3) is 4.92. The van der Waals surface area contributed by atoms with Crippen LogP contribution in [0.25, 0.3) is 6.08 Å². The minimum absolute atomic E-state index is 0.0821. The van der Waals surface area contributed by atoms with Gasteiger partial charge in [0.25, 0.3) is 11.8 Å². The SMILES string of the molecule is COc1cc(C(=O)Oc2ccccc2/C=C2/C(=O)NC(=O)N(c3ccccc3C)C2=O)cc(OC)c1OC. The maximum absolute atomic E-state index is 13.3. The van der Waals surface area contributed by atoms with E-state index in [-0.39, 0.29) is 33.9 Å². The Balaban J connectivity index is 1.69. The summed E-state index contributed by atoms with van der Waals surface area (Å²) in [7, 11) is 4.29. The Kier molecular flexibility index (Phi) is 7.43. The first-order valence-corrected chi connectivity index (χ1v) is 11.4. The predicted octanol–water partition coefficient (Wildman–Crippen LogP) is 3.91. The molecule has 1 saturated heterocycles. The number of benzene rings is 3. The number of ether oxygens (including phenoxy) is 4. The van der Waals surface area contributed by atoms with E-state index in [1.54, 1.807) is 49.4 Å². The Hall–Kier alpha value is -5.12. The van der Waals surface area contributed by atoms with Gasteiger partial charge in [0.15, 0.2) is 11.5 Å². The average molecular weight is 517 g/mol. The van der Waals surface area contributed by atoms with Crippen LogP contribution in [0.15, 0.2) is 66.2 Å². The number of para-hydroxylation sites is 2. The molecule has 10 heteroatoms. The van der Waals surface area contributed by atoms with E-state index in [9.17, 15) is 19.2 Å². The highest BCUT2D eigenvalue weighted by Crippen LogP contribution is 2.38. The fraction of sp³-hybridized carbons (Fsp3) is 0.143. The van der Waals surface area contributed by atoms with Crippen molar-refractivity contribution in [1.82, 2.24) is 5.32 Å². The van der Waals surface area contributed by atoms with Crippen molar-refractivity contribution in [2.75, 3.05) is 26.2 Å². The Morgan fingerprint density at radius 2 is 1.47 bits per heavy atom. The molecule has 194 valence electrons. The van der Waals surface area contributed by atoms with Crippen LogP contribution in [-0.4, -0.2) is 45.1 Å². The number of esters is 1. The summed E-state index contributed by atoms with van der Waals surface area (Å²) in [6, 6.07) is 15.2. The summed E-state index contributed by atoms with van der Waals surface area (Å²) in [5.74, 6) is -1.50. The highest BCUT2D eigenvalue weighted by atomic mass is 16.5. The maximum Gasteiger partial charge on any atom is 0.343 e. The first-order valence-electron chi connectivity index (χ1n) is 11.4. The number of imide groups is 2. The lowest BCUT2D eigenvalue weighted by Crippen LogP contribution is -2.54. The van der Waals surface area contributed by atoms with Gasteiger partial charge in [-0.1, -0.05) is 36.4 Å². The van der Waals surface area contributed by atoms with Crippen molar-refractivity contribution < 1.29 is 38.1 Å². The number of hydrogen-bond acceptors (Lipinski definition) is 8. The van der Waals surface area contributed by atoms with E-state index >= 15 is 0 Å². The number of nitrogens with zero attached hydrogens (tertiary/aromatic N) is 1. The minimum atomic E-state index is -0.865. The number of rotatable bonds is 7. The fourth-order valence-corrected chi connectivity index (χ4v) is 3.90. The van der Waals surface area contributed by atoms with Gasteiger partial charge in [0.2, 0.25) is 5.75 Å². The number of anilines is 1. The zero-order valence-corrected chi connectivity index (χ0v) is 21.1. The standard InChI is InChI=1S/C28H24N2O8/c1-16-9-5-7-11-20(16)30-26(32)19(25(31)29-28(30)34)13-17-10-6-8-12-21(17)38-27(33)18-14-22(35-2)24(37-4)23(15-18)36-3/h5-15H,1-4H3,(H,29,31,34)/b19-13-.